The lowest BCUT2D eigenvalue weighted by Crippen LogP contribution is -2.57. The molecule has 6 atom stereocenters. The number of nitrogens with zero attached hydrogens (tertiary/aromatic N) is 4. The van der Waals surface area contributed by atoms with E-state index in [1.165, 1.54) is 4.90 Å². The van der Waals surface area contributed by atoms with Gasteiger partial charge in [-0.1, -0.05) is 71.9 Å². The minimum absolute atomic E-state index is 0.0794. The molecule has 0 N–H and O–H groups in total. The van der Waals surface area contributed by atoms with Crippen LogP contribution in [0.2, 0.25) is 36.3 Å². The molecule has 330 valence electrons. The van der Waals surface area contributed by atoms with E-state index >= 15 is 0 Å². The first-order chi connectivity index (χ1) is 27.2. The summed E-state index contributed by atoms with van der Waals surface area (Å²) in [6, 6.07) is 6.10. The molecule has 4 fully saturated rings. The molecule has 0 aliphatic carbocycles. The van der Waals surface area contributed by atoms with Gasteiger partial charge in [0.25, 0.3) is 0 Å². The van der Waals surface area contributed by atoms with Crippen molar-refractivity contribution in [2.45, 2.75) is 186 Å². The number of carbonyl (C=O) groups excluding carboxylic acids is 5. The van der Waals surface area contributed by atoms with Crippen molar-refractivity contribution in [2.24, 2.45) is 0 Å². The van der Waals surface area contributed by atoms with Gasteiger partial charge in [-0.3, -0.25) is 19.3 Å². The largest absolute Gasteiger partial charge is 0.459 e. The lowest BCUT2D eigenvalue weighted by atomic mass is 10.1. The van der Waals surface area contributed by atoms with Crippen LogP contribution < -0.4 is 0 Å². The molecule has 4 saturated heterocycles. The fourth-order valence-electron chi connectivity index (χ4n) is 8.15. The zero-order valence-electron chi connectivity index (χ0n) is 38.1. The van der Waals surface area contributed by atoms with E-state index in [1.807, 2.05) is 30.3 Å². The summed E-state index contributed by atoms with van der Waals surface area (Å²) in [6.07, 6.45) is 1.42. The van der Waals surface area contributed by atoms with Crippen LogP contribution >= 0.6 is 0 Å². The second-order valence-corrected chi connectivity index (χ2v) is 30.6. The zero-order valence-corrected chi connectivity index (χ0v) is 40.1. The molecule has 59 heavy (non-hydrogen) atoms. The molecular formula is C44H72N4O9Si2. The third kappa shape index (κ3) is 10.8. The van der Waals surface area contributed by atoms with Gasteiger partial charge in [0.2, 0.25) is 17.7 Å². The maximum atomic E-state index is 15.0. The zero-order chi connectivity index (χ0) is 43.9. The van der Waals surface area contributed by atoms with Gasteiger partial charge in [-0.15, -0.1) is 0 Å². The fraction of sp³-hybridized carbons (Fsp3) is 0.750. The lowest BCUT2D eigenvalue weighted by Gasteiger charge is -2.38. The van der Waals surface area contributed by atoms with Crippen LogP contribution in [0.15, 0.2) is 30.3 Å². The number of likely N-dealkylation sites (tertiary alicyclic amines) is 4. The summed E-state index contributed by atoms with van der Waals surface area (Å²) in [4.78, 5) is 77.9. The number of carbonyl (C=O) groups is 5. The van der Waals surface area contributed by atoms with Gasteiger partial charge in [0.05, 0.1) is 12.2 Å². The molecule has 0 aromatic heterocycles. The smallest absolute Gasteiger partial charge is 0.410 e. The average molecular weight is 857 g/mol. The van der Waals surface area contributed by atoms with Gasteiger partial charge < -0.3 is 33.0 Å². The molecule has 4 aliphatic heterocycles. The van der Waals surface area contributed by atoms with Gasteiger partial charge in [0.15, 0.2) is 16.6 Å². The Kier molecular flexibility index (Phi) is 14.0. The molecule has 4 amide bonds. The Morgan fingerprint density at radius 2 is 1.05 bits per heavy atom. The molecule has 5 rings (SSSR count). The van der Waals surface area contributed by atoms with Crippen LogP contribution in [0.4, 0.5) is 4.79 Å². The maximum Gasteiger partial charge on any atom is 0.410 e. The molecule has 0 unspecified atom stereocenters. The van der Waals surface area contributed by atoms with Crippen molar-refractivity contribution < 1.29 is 42.3 Å². The highest BCUT2D eigenvalue weighted by Gasteiger charge is 2.53. The molecule has 1 aromatic carbocycles. The quantitative estimate of drug-likeness (QED) is 0.178. The first-order valence-corrected chi connectivity index (χ1v) is 27.5. The van der Waals surface area contributed by atoms with E-state index in [1.54, 1.807) is 35.5 Å². The van der Waals surface area contributed by atoms with Gasteiger partial charge in [-0.2, -0.15) is 0 Å². The number of hydrogen-bond donors (Lipinski definition) is 0. The average Bonchev–Trinajstić information content (AvgIpc) is 3.94. The van der Waals surface area contributed by atoms with Crippen LogP contribution in [0, 0.1) is 0 Å². The molecule has 1 aromatic rings. The summed E-state index contributed by atoms with van der Waals surface area (Å²) in [7, 11) is -4.59. The number of benzene rings is 1. The number of ether oxygens (including phenoxy) is 2. The number of esters is 1. The fourth-order valence-corrected chi connectivity index (χ4v) is 10.9. The molecule has 4 heterocycles. The first kappa shape index (κ1) is 46.8. The molecular weight excluding hydrogens is 785 g/mol. The van der Waals surface area contributed by atoms with Crippen molar-refractivity contribution in [1.82, 2.24) is 19.6 Å². The summed E-state index contributed by atoms with van der Waals surface area (Å²) < 4.78 is 25.1. The Morgan fingerprint density at radius 1 is 0.610 bits per heavy atom. The summed E-state index contributed by atoms with van der Waals surface area (Å²) in [5.74, 6) is -1.42. The van der Waals surface area contributed by atoms with E-state index in [-0.39, 0.29) is 60.0 Å². The van der Waals surface area contributed by atoms with Gasteiger partial charge in [0, 0.05) is 39.0 Å². The van der Waals surface area contributed by atoms with Gasteiger partial charge >= 0.3 is 12.1 Å². The highest BCUT2D eigenvalue weighted by atomic mass is 28.4. The van der Waals surface area contributed by atoms with E-state index in [2.05, 4.69) is 67.7 Å². The van der Waals surface area contributed by atoms with E-state index in [4.69, 9.17) is 18.3 Å². The van der Waals surface area contributed by atoms with Crippen LogP contribution in [-0.2, 0) is 44.1 Å². The molecule has 0 bridgehead atoms. The monoisotopic (exact) mass is 856 g/mol. The van der Waals surface area contributed by atoms with Crippen molar-refractivity contribution in [3.63, 3.8) is 0 Å². The van der Waals surface area contributed by atoms with Crippen molar-refractivity contribution >= 4 is 46.4 Å². The minimum atomic E-state index is -2.31. The van der Waals surface area contributed by atoms with E-state index in [0.29, 0.717) is 45.2 Å². The van der Waals surface area contributed by atoms with Crippen LogP contribution in [0.1, 0.15) is 106 Å². The third-order valence-corrected chi connectivity index (χ3v) is 22.5. The number of rotatable bonds is 10. The number of hydrogen-bond acceptors (Lipinski definition) is 9. The Hall–Kier alpha value is -3.28. The number of amides is 4. The highest BCUT2D eigenvalue weighted by Crippen LogP contribution is 2.41. The second kappa shape index (κ2) is 17.6. The normalized spacial score (nSPS) is 25.8. The highest BCUT2D eigenvalue weighted by molar-refractivity contribution is 6.74. The summed E-state index contributed by atoms with van der Waals surface area (Å²) in [6.45, 7) is 28.2. The maximum absolute atomic E-state index is 15.0. The van der Waals surface area contributed by atoms with Crippen LogP contribution in [0.25, 0.3) is 0 Å². The van der Waals surface area contributed by atoms with Crippen LogP contribution in [0.3, 0.4) is 0 Å². The Bertz CT molecular complexity index is 1700. The van der Waals surface area contributed by atoms with Crippen molar-refractivity contribution in [2.75, 3.05) is 26.2 Å². The van der Waals surface area contributed by atoms with Crippen molar-refractivity contribution in [1.29, 1.82) is 0 Å². The lowest BCUT2D eigenvalue weighted by molar-refractivity contribution is -0.157. The standard InChI is InChI=1S/C44H72N4O9Si2/c1-42(2,3)55-41(53)46-24-18-22-34(46)38(50)47-27-31(56-58(10,11)43(4,5)6)25-35(47)39(51)45-23-17-21-33(45)37(49)48-28-32(57-59(12,13)44(7,8)9)26-36(48)40(52)54-29-30-19-15-14-16-20-30/h14-16,19-20,31-36H,17-18,21-29H2,1-13H3/t31-,32-,33-,34-,35+,36+/m1/s1. The van der Waals surface area contributed by atoms with Gasteiger partial charge in [-0.25, -0.2) is 9.59 Å². The van der Waals surface area contributed by atoms with Crippen molar-refractivity contribution in [3.05, 3.63) is 35.9 Å². The molecule has 13 nitrogen and oxygen atoms in total. The second-order valence-electron chi connectivity index (χ2n) is 21.1. The Labute approximate surface area is 355 Å². The van der Waals surface area contributed by atoms with E-state index in [9.17, 15) is 24.0 Å². The first-order valence-electron chi connectivity index (χ1n) is 21.7. The molecule has 0 radical (unpaired) electrons. The SMILES string of the molecule is CC(C)(C)OC(=O)N1CCC[C@@H]1C(=O)N1C[C@H](O[Si](C)(C)C(C)(C)C)C[C@H]1C(=O)N1CCC[C@@H]1C(=O)N1C[C@H](O[Si](C)(C)C(C)(C)C)C[C@H]1C(=O)OCc1ccccc1. The topological polar surface area (TPSA) is 135 Å². The summed E-state index contributed by atoms with van der Waals surface area (Å²) in [5.41, 5.74) is 0.111. The molecule has 0 spiro atoms. The summed E-state index contributed by atoms with van der Waals surface area (Å²) >= 11 is 0. The third-order valence-electron chi connectivity index (χ3n) is 13.4. The predicted molar refractivity (Wildman–Crippen MR) is 231 cm³/mol. The minimum Gasteiger partial charge on any atom is -0.459 e. The summed E-state index contributed by atoms with van der Waals surface area (Å²) in [5, 5.41) is -0.183. The van der Waals surface area contributed by atoms with Gasteiger partial charge in [-0.05, 0) is 88.3 Å². The molecule has 15 heteroatoms. The van der Waals surface area contributed by atoms with Crippen LogP contribution in [0.5, 0.6) is 0 Å². The Morgan fingerprint density at radius 3 is 1.54 bits per heavy atom. The van der Waals surface area contributed by atoms with Crippen molar-refractivity contribution in [3.8, 4) is 0 Å². The van der Waals surface area contributed by atoms with Crippen LogP contribution in [-0.4, -0.2) is 134 Å². The molecule has 0 saturated carbocycles. The van der Waals surface area contributed by atoms with E-state index in [0.717, 1.165) is 5.56 Å². The molecule has 4 aliphatic rings. The Balaban J connectivity index is 1.41. The predicted octanol–water partition coefficient (Wildman–Crippen LogP) is 7.10. The van der Waals surface area contributed by atoms with Gasteiger partial charge in [0.1, 0.15) is 36.4 Å². The van der Waals surface area contributed by atoms with E-state index < -0.39 is 64.6 Å².